The Bertz CT molecular complexity index is 421. The Labute approximate surface area is 106 Å². The first-order valence-corrected chi connectivity index (χ1v) is 5.75. The average Bonchev–Trinajstić information content (AvgIpc) is 2.24. The molecule has 0 aliphatic heterocycles. The molecule has 16 heavy (non-hydrogen) atoms. The Morgan fingerprint density at radius 1 is 1.31 bits per heavy atom. The Morgan fingerprint density at radius 2 is 1.94 bits per heavy atom. The highest BCUT2D eigenvalue weighted by Gasteiger charge is 2.09. The summed E-state index contributed by atoms with van der Waals surface area (Å²) in [6.45, 7) is 1.76. The van der Waals surface area contributed by atoms with E-state index in [4.69, 9.17) is 23.2 Å². The van der Waals surface area contributed by atoms with Crippen LogP contribution in [-0.4, -0.2) is 5.78 Å². The monoisotopic (exact) mass is 254 g/mol. The van der Waals surface area contributed by atoms with Crippen LogP contribution in [-0.2, 0) is 11.2 Å². The Kier molecular flexibility index (Phi) is 5.38. The second-order valence-electron chi connectivity index (χ2n) is 3.34. The van der Waals surface area contributed by atoms with Crippen LogP contribution in [0.4, 0.5) is 0 Å². The number of carbonyl (C=O) groups is 1. The Hall–Kier alpha value is -0.970. The van der Waals surface area contributed by atoms with E-state index in [0.29, 0.717) is 28.5 Å². The average molecular weight is 255 g/mol. The zero-order valence-electron chi connectivity index (χ0n) is 9.02. The van der Waals surface area contributed by atoms with E-state index >= 15 is 0 Å². The fourth-order valence-electron chi connectivity index (χ4n) is 1.31. The van der Waals surface area contributed by atoms with Crippen LogP contribution < -0.4 is 0 Å². The lowest BCUT2D eigenvalue weighted by Crippen LogP contribution is -2.03. The van der Waals surface area contributed by atoms with E-state index in [-0.39, 0.29) is 12.2 Å². The molecule has 0 amide bonds. The third-order valence-corrected chi connectivity index (χ3v) is 2.85. The first kappa shape index (κ1) is 13.1. The molecule has 0 saturated heterocycles. The summed E-state index contributed by atoms with van der Waals surface area (Å²) < 4.78 is 0. The van der Waals surface area contributed by atoms with Gasteiger partial charge in [0, 0.05) is 29.3 Å². The van der Waals surface area contributed by atoms with Crippen molar-refractivity contribution in [3.63, 3.8) is 0 Å². The molecule has 0 saturated carbocycles. The zero-order chi connectivity index (χ0) is 12.0. The fourth-order valence-corrected chi connectivity index (χ4v) is 1.84. The lowest BCUT2D eigenvalue weighted by Gasteiger charge is -2.05. The molecule has 3 heteroatoms. The van der Waals surface area contributed by atoms with E-state index in [9.17, 15) is 4.79 Å². The van der Waals surface area contributed by atoms with Crippen molar-refractivity contribution in [2.45, 2.75) is 26.2 Å². The summed E-state index contributed by atoms with van der Waals surface area (Å²) in [5, 5.41) is 1.09. The third-order valence-electron chi connectivity index (χ3n) is 2.14. The van der Waals surface area contributed by atoms with Crippen LogP contribution in [0.1, 0.15) is 25.3 Å². The largest absolute Gasteiger partial charge is 0.299 e. The number of rotatable bonds is 4. The molecule has 0 aliphatic carbocycles. The normalized spacial score (nSPS) is 9.44. The number of halogens is 2. The van der Waals surface area contributed by atoms with Gasteiger partial charge in [-0.3, -0.25) is 4.79 Å². The van der Waals surface area contributed by atoms with E-state index < -0.39 is 0 Å². The van der Waals surface area contributed by atoms with Gasteiger partial charge < -0.3 is 0 Å². The van der Waals surface area contributed by atoms with Crippen molar-refractivity contribution >= 4 is 29.0 Å². The number of Topliss-reactive ketones (excluding diaryl/α,β-unsaturated/α-hetero) is 1. The van der Waals surface area contributed by atoms with Gasteiger partial charge >= 0.3 is 0 Å². The van der Waals surface area contributed by atoms with E-state index in [2.05, 4.69) is 11.8 Å². The molecule has 1 aromatic carbocycles. The van der Waals surface area contributed by atoms with Gasteiger partial charge in [0.05, 0.1) is 0 Å². The van der Waals surface area contributed by atoms with Crippen LogP contribution in [0.3, 0.4) is 0 Å². The smallest absolute Gasteiger partial charge is 0.138 e. The van der Waals surface area contributed by atoms with Gasteiger partial charge in [-0.1, -0.05) is 29.3 Å². The molecule has 0 fully saturated rings. The molecule has 0 radical (unpaired) electrons. The fraction of sp³-hybridized carbons (Fsp3) is 0.308. The van der Waals surface area contributed by atoms with Gasteiger partial charge in [-0.25, -0.2) is 0 Å². The molecule has 84 valence electrons. The van der Waals surface area contributed by atoms with Crippen LogP contribution in [0.15, 0.2) is 18.2 Å². The lowest BCUT2D eigenvalue weighted by atomic mass is 10.1. The van der Waals surface area contributed by atoms with E-state index in [1.54, 1.807) is 25.1 Å². The van der Waals surface area contributed by atoms with Crippen LogP contribution in [0, 0.1) is 11.8 Å². The molecule has 0 atom stereocenters. The van der Waals surface area contributed by atoms with Gasteiger partial charge in [0.2, 0.25) is 0 Å². The minimum Gasteiger partial charge on any atom is -0.299 e. The maximum Gasteiger partial charge on any atom is 0.138 e. The summed E-state index contributed by atoms with van der Waals surface area (Å²) in [6.07, 6.45) is 1.32. The minimum absolute atomic E-state index is 0.109. The molecule has 0 N–H and O–H groups in total. The summed E-state index contributed by atoms with van der Waals surface area (Å²) >= 11 is 11.9. The first-order valence-electron chi connectivity index (χ1n) is 4.99. The van der Waals surface area contributed by atoms with Crippen LogP contribution in [0.25, 0.3) is 0 Å². The van der Waals surface area contributed by atoms with E-state index in [0.717, 1.165) is 0 Å². The van der Waals surface area contributed by atoms with Crippen molar-refractivity contribution in [2.75, 3.05) is 0 Å². The maximum atomic E-state index is 11.6. The second-order valence-corrected chi connectivity index (χ2v) is 4.16. The quantitative estimate of drug-likeness (QED) is 0.745. The second kappa shape index (κ2) is 6.58. The third kappa shape index (κ3) is 3.89. The van der Waals surface area contributed by atoms with Crippen molar-refractivity contribution in [3.05, 3.63) is 33.8 Å². The van der Waals surface area contributed by atoms with Gasteiger partial charge in [0.1, 0.15) is 5.78 Å². The van der Waals surface area contributed by atoms with Crippen molar-refractivity contribution < 1.29 is 4.79 Å². The molecule has 1 nitrogen and oxygen atoms in total. The highest BCUT2D eigenvalue weighted by atomic mass is 35.5. The SMILES string of the molecule is CC#CCCC(=O)Cc1c(Cl)cccc1Cl. The van der Waals surface area contributed by atoms with E-state index in [1.165, 1.54) is 0 Å². The number of carbonyl (C=O) groups excluding carboxylic acids is 1. The van der Waals surface area contributed by atoms with Crippen molar-refractivity contribution in [3.8, 4) is 11.8 Å². The highest BCUT2D eigenvalue weighted by molar-refractivity contribution is 6.36. The summed E-state index contributed by atoms with van der Waals surface area (Å²) in [7, 11) is 0. The standard InChI is InChI=1S/C13H12Cl2O/c1-2-3-4-6-10(16)9-11-12(14)7-5-8-13(11)15/h5,7-8H,4,6,9H2,1H3. The number of hydrogen-bond donors (Lipinski definition) is 0. The summed E-state index contributed by atoms with van der Waals surface area (Å²) in [5.74, 6) is 5.72. The molecule has 1 aromatic rings. The van der Waals surface area contributed by atoms with E-state index in [1.807, 2.05) is 0 Å². The summed E-state index contributed by atoms with van der Waals surface area (Å²) in [6, 6.07) is 5.24. The molecule has 0 heterocycles. The van der Waals surface area contributed by atoms with Crippen molar-refractivity contribution in [1.29, 1.82) is 0 Å². The molecule has 0 unspecified atom stereocenters. The molecule has 0 aromatic heterocycles. The predicted molar refractivity (Wildman–Crippen MR) is 67.9 cm³/mol. The van der Waals surface area contributed by atoms with Crippen molar-refractivity contribution in [1.82, 2.24) is 0 Å². The van der Waals surface area contributed by atoms with Gasteiger partial charge in [-0.2, -0.15) is 0 Å². The first-order chi connectivity index (χ1) is 7.65. The van der Waals surface area contributed by atoms with Gasteiger partial charge in [-0.05, 0) is 24.6 Å². The molecular formula is C13H12Cl2O. The zero-order valence-corrected chi connectivity index (χ0v) is 10.5. The molecule has 1 rings (SSSR count). The number of ketones is 1. The van der Waals surface area contributed by atoms with Gasteiger partial charge in [-0.15, -0.1) is 11.8 Å². The molecular weight excluding hydrogens is 243 g/mol. The van der Waals surface area contributed by atoms with Gasteiger partial charge in [0.25, 0.3) is 0 Å². The van der Waals surface area contributed by atoms with Crippen LogP contribution in [0.5, 0.6) is 0 Å². The summed E-state index contributed by atoms with van der Waals surface area (Å²) in [5.41, 5.74) is 0.709. The minimum atomic E-state index is 0.109. The molecule has 0 aliphatic rings. The maximum absolute atomic E-state index is 11.6. The Balaban J connectivity index is 2.65. The molecule has 0 spiro atoms. The summed E-state index contributed by atoms with van der Waals surface area (Å²) in [4.78, 5) is 11.6. The Morgan fingerprint density at radius 3 is 2.50 bits per heavy atom. The number of benzene rings is 1. The number of hydrogen-bond acceptors (Lipinski definition) is 1. The van der Waals surface area contributed by atoms with Crippen LogP contribution in [0.2, 0.25) is 10.0 Å². The van der Waals surface area contributed by atoms with Crippen molar-refractivity contribution in [2.24, 2.45) is 0 Å². The van der Waals surface area contributed by atoms with Crippen LogP contribution >= 0.6 is 23.2 Å². The molecule has 0 bridgehead atoms. The van der Waals surface area contributed by atoms with Gasteiger partial charge in [0.15, 0.2) is 0 Å². The highest BCUT2D eigenvalue weighted by Crippen LogP contribution is 2.25. The lowest BCUT2D eigenvalue weighted by molar-refractivity contribution is -0.118. The topological polar surface area (TPSA) is 17.1 Å². The predicted octanol–water partition coefficient (Wildman–Crippen LogP) is 3.91.